The topological polar surface area (TPSA) is 83.6 Å². The number of fused-ring (bicyclic) bond motifs is 1. The maximum Gasteiger partial charge on any atom is 0.260 e. The Labute approximate surface area is 170 Å². The number of pyridine rings is 1. The van der Waals surface area contributed by atoms with Crippen molar-refractivity contribution < 1.29 is 18.7 Å². The number of nitrogens with one attached hydrogen (secondary N) is 2. The third kappa shape index (κ3) is 3.94. The number of anilines is 1. The fourth-order valence-corrected chi connectivity index (χ4v) is 3.36. The standard InChI is InChI=1S/C19H20BrFN4O3/c1-10(2)23-15(26)9-25-18(12-5-4-6-14(28-3)16(12)21)24-17-13(19(25)27)7-11(20)8-22-17/h4-8,10,18H,9H2,1-3H3,(H,22,24)(H,23,26). The van der Waals surface area contributed by atoms with Crippen LogP contribution in [0.1, 0.15) is 35.9 Å². The van der Waals surface area contributed by atoms with Gasteiger partial charge in [0, 0.05) is 22.3 Å². The quantitative estimate of drug-likeness (QED) is 0.730. The molecule has 3 rings (SSSR count). The predicted octanol–water partition coefficient (Wildman–Crippen LogP) is 3.08. The molecular formula is C19H20BrFN4O3. The van der Waals surface area contributed by atoms with Gasteiger partial charge in [-0.15, -0.1) is 0 Å². The SMILES string of the molecule is COc1cccc(C2Nc3ncc(Br)cc3C(=O)N2CC(=O)NC(C)C)c1F. The lowest BCUT2D eigenvalue weighted by atomic mass is 10.0. The molecule has 1 unspecified atom stereocenters. The first kappa shape index (κ1) is 20.1. The zero-order valence-electron chi connectivity index (χ0n) is 15.6. The van der Waals surface area contributed by atoms with Crippen molar-refractivity contribution in [2.24, 2.45) is 0 Å². The Kier molecular flexibility index (Phi) is 5.83. The van der Waals surface area contributed by atoms with Crippen LogP contribution >= 0.6 is 15.9 Å². The Morgan fingerprint density at radius 1 is 1.46 bits per heavy atom. The normalized spacial score (nSPS) is 15.9. The minimum Gasteiger partial charge on any atom is -0.494 e. The lowest BCUT2D eigenvalue weighted by molar-refractivity contribution is -0.122. The molecule has 2 aromatic rings. The summed E-state index contributed by atoms with van der Waals surface area (Å²) in [5, 5.41) is 5.82. The number of nitrogens with zero attached hydrogens (tertiary/aromatic N) is 2. The van der Waals surface area contributed by atoms with Crippen LogP contribution < -0.4 is 15.4 Å². The molecule has 0 radical (unpaired) electrons. The van der Waals surface area contributed by atoms with Crippen molar-refractivity contribution in [2.75, 3.05) is 19.0 Å². The maximum atomic E-state index is 14.9. The maximum absolute atomic E-state index is 14.9. The smallest absolute Gasteiger partial charge is 0.260 e. The minimum absolute atomic E-state index is 0.0490. The van der Waals surface area contributed by atoms with E-state index in [-0.39, 0.29) is 29.8 Å². The van der Waals surface area contributed by atoms with Crippen molar-refractivity contribution in [3.63, 3.8) is 0 Å². The number of rotatable bonds is 5. The third-order valence-corrected chi connectivity index (χ3v) is 4.64. The molecule has 9 heteroatoms. The molecule has 0 spiro atoms. The number of carbonyl (C=O) groups excluding carboxylic acids is 2. The molecule has 2 N–H and O–H groups in total. The summed E-state index contributed by atoms with van der Waals surface area (Å²) in [6.45, 7) is 3.41. The van der Waals surface area contributed by atoms with Gasteiger partial charge < -0.3 is 20.3 Å². The molecule has 0 fully saturated rings. The van der Waals surface area contributed by atoms with Gasteiger partial charge in [-0.2, -0.15) is 0 Å². The summed E-state index contributed by atoms with van der Waals surface area (Å²) in [6.07, 6.45) is 0.626. The van der Waals surface area contributed by atoms with Gasteiger partial charge in [0.15, 0.2) is 11.6 Å². The number of aromatic nitrogens is 1. The Hall–Kier alpha value is -2.68. The summed E-state index contributed by atoms with van der Waals surface area (Å²) < 4.78 is 20.6. The van der Waals surface area contributed by atoms with Crippen molar-refractivity contribution in [1.82, 2.24) is 15.2 Å². The van der Waals surface area contributed by atoms with Gasteiger partial charge in [-0.25, -0.2) is 9.37 Å². The molecule has 1 atom stereocenters. The third-order valence-electron chi connectivity index (χ3n) is 4.20. The highest BCUT2D eigenvalue weighted by Gasteiger charge is 2.37. The van der Waals surface area contributed by atoms with Crippen molar-refractivity contribution in [1.29, 1.82) is 0 Å². The average molecular weight is 451 g/mol. The van der Waals surface area contributed by atoms with Gasteiger partial charge in [0.25, 0.3) is 5.91 Å². The summed E-state index contributed by atoms with van der Waals surface area (Å²) in [4.78, 5) is 31.0. The van der Waals surface area contributed by atoms with Crippen LogP contribution in [0.4, 0.5) is 10.2 Å². The van der Waals surface area contributed by atoms with Gasteiger partial charge in [-0.1, -0.05) is 12.1 Å². The lowest BCUT2D eigenvalue weighted by Crippen LogP contribution is -2.49. The molecule has 0 aliphatic carbocycles. The zero-order valence-corrected chi connectivity index (χ0v) is 17.2. The van der Waals surface area contributed by atoms with E-state index in [9.17, 15) is 14.0 Å². The van der Waals surface area contributed by atoms with Gasteiger partial charge in [-0.05, 0) is 41.9 Å². The van der Waals surface area contributed by atoms with E-state index < -0.39 is 17.9 Å². The number of hydrogen-bond acceptors (Lipinski definition) is 5. The van der Waals surface area contributed by atoms with Crippen LogP contribution in [0.25, 0.3) is 0 Å². The molecule has 1 aromatic carbocycles. The minimum atomic E-state index is -0.915. The van der Waals surface area contributed by atoms with E-state index in [1.54, 1.807) is 24.4 Å². The first-order chi connectivity index (χ1) is 13.3. The van der Waals surface area contributed by atoms with Crippen molar-refractivity contribution in [3.05, 3.63) is 51.9 Å². The Balaban J connectivity index is 2.05. The van der Waals surface area contributed by atoms with Gasteiger partial charge >= 0.3 is 0 Å². The fraction of sp³-hybridized carbons (Fsp3) is 0.316. The van der Waals surface area contributed by atoms with Gasteiger partial charge in [0.05, 0.1) is 12.7 Å². The van der Waals surface area contributed by atoms with E-state index in [0.717, 1.165) is 0 Å². The average Bonchev–Trinajstić information content (AvgIpc) is 2.64. The highest BCUT2D eigenvalue weighted by molar-refractivity contribution is 9.10. The predicted molar refractivity (Wildman–Crippen MR) is 106 cm³/mol. The molecule has 1 aliphatic rings. The van der Waals surface area contributed by atoms with Crippen molar-refractivity contribution >= 4 is 33.6 Å². The fourth-order valence-electron chi connectivity index (χ4n) is 3.02. The van der Waals surface area contributed by atoms with Crippen LogP contribution in [0.2, 0.25) is 0 Å². The number of ether oxygens (including phenoxy) is 1. The van der Waals surface area contributed by atoms with E-state index in [1.807, 2.05) is 13.8 Å². The largest absolute Gasteiger partial charge is 0.494 e. The second-order valence-electron chi connectivity index (χ2n) is 6.62. The molecule has 7 nitrogen and oxygen atoms in total. The molecule has 1 aliphatic heterocycles. The number of methoxy groups -OCH3 is 1. The monoisotopic (exact) mass is 450 g/mol. The number of halogens is 2. The molecule has 1 aromatic heterocycles. The molecule has 28 heavy (non-hydrogen) atoms. The van der Waals surface area contributed by atoms with E-state index in [4.69, 9.17) is 4.74 Å². The number of hydrogen-bond donors (Lipinski definition) is 2. The highest BCUT2D eigenvalue weighted by Crippen LogP contribution is 2.35. The first-order valence-electron chi connectivity index (χ1n) is 8.66. The summed E-state index contributed by atoms with van der Waals surface area (Å²) >= 11 is 3.30. The Morgan fingerprint density at radius 3 is 2.89 bits per heavy atom. The van der Waals surface area contributed by atoms with Crippen molar-refractivity contribution in [3.8, 4) is 5.75 Å². The second kappa shape index (κ2) is 8.14. The van der Waals surface area contributed by atoms with Crippen LogP contribution in [0.5, 0.6) is 5.75 Å². The number of benzene rings is 1. The van der Waals surface area contributed by atoms with Crippen LogP contribution in [-0.2, 0) is 4.79 Å². The molecule has 0 saturated heterocycles. The summed E-state index contributed by atoms with van der Waals surface area (Å²) in [7, 11) is 1.36. The van der Waals surface area contributed by atoms with Crippen LogP contribution in [-0.4, -0.2) is 41.4 Å². The summed E-state index contributed by atoms with van der Waals surface area (Å²) in [5.41, 5.74) is 0.478. The van der Waals surface area contributed by atoms with Crippen LogP contribution in [0.3, 0.4) is 0 Å². The van der Waals surface area contributed by atoms with E-state index in [2.05, 4.69) is 31.5 Å². The first-order valence-corrected chi connectivity index (χ1v) is 9.46. The van der Waals surface area contributed by atoms with E-state index in [0.29, 0.717) is 15.9 Å². The molecular weight excluding hydrogens is 431 g/mol. The summed E-state index contributed by atoms with van der Waals surface area (Å²) in [5.74, 6) is -1.00. The van der Waals surface area contributed by atoms with Gasteiger partial charge in [0.2, 0.25) is 5.91 Å². The Bertz CT molecular complexity index is 922. The lowest BCUT2D eigenvalue weighted by Gasteiger charge is -2.37. The van der Waals surface area contributed by atoms with Crippen molar-refractivity contribution in [2.45, 2.75) is 26.1 Å². The Morgan fingerprint density at radius 2 is 2.21 bits per heavy atom. The van der Waals surface area contributed by atoms with Crippen LogP contribution in [0.15, 0.2) is 34.9 Å². The van der Waals surface area contributed by atoms with Gasteiger partial charge in [-0.3, -0.25) is 9.59 Å². The molecule has 148 valence electrons. The molecule has 2 amide bonds. The number of carbonyl (C=O) groups is 2. The molecule has 0 bridgehead atoms. The molecule has 0 saturated carbocycles. The summed E-state index contributed by atoms with van der Waals surface area (Å²) in [6, 6.07) is 6.18. The van der Waals surface area contributed by atoms with Crippen LogP contribution in [0, 0.1) is 5.82 Å². The zero-order chi connectivity index (χ0) is 20.4. The molecule has 2 heterocycles. The van der Waals surface area contributed by atoms with E-state index in [1.165, 1.54) is 18.1 Å². The van der Waals surface area contributed by atoms with E-state index >= 15 is 0 Å². The highest BCUT2D eigenvalue weighted by atomic mass is 79.9. The second-order valence-corrected chi connectivity index (χ2v) is 7.53. The van der Waals surface area contributed by atoms with Gasteiger partial charge in [0.1, 0.15) is 18.5 Å². The number of amides is 2.